The number of aryl methyl sites for hydroxylation is 2. The molecule has 0 bridgehead atoms. The van der Waals surface area contributed by atoms with Crippen LogP contribution in [0.1, 0.15) is 56.2 Å². The summed E-state index contributed by atoms with van der Waals surface area (Å²) in [4.78, 5) is 0. The van der Waals surface area contributed by atoms with Crippen molar-refractivity contribution < 1.29 is 0 Å². The summed E-state index contributed by atoms with van der Waals surface area (Å²) < 4.78 is 0. The zero-order valence-corrected chi connectivity index (χ0v) is 12.5. The molecule has 18 heavy (non-hydrogen) atoms. The molecular weight excluding hydrogens is 218 g/mol. The maximum absolute atomic E-state index is 6.39. The van der Waals surface area contributed by atoms with Gasteiger partial charge in [-0.2, -0.15) is 0 Å². The van der Waals surface area contributed by atoms with E-state index in [-0.39, 0.29) is 0 Å². The predicted octanol–water partition coefficient (Wildman–Crippen LogP) is 4.39. The van der Waals surface area contributed by atoms with Crippen molar-refractivity contribution in [1.29, 1.82) is 0 Å². The Balaban J connectivity index is 2.61. The quantitative estimate of drug-likeness (QED) is 0.760. The molecule has 0 saturated heterocycles. The molecule has 0 aromatic heterocycles. The lowest BCUT2D eigenvalue weighted by Crippen LogP contribution is -2.32. The van der Waals surface area contributed by atoms with E-state index in [9.17, 15) is 0 Å². The summed E-state index contributed by atoms with van der Waals surface area (Å²) in [6.07, 6.45) is 6.07. The Hall–Kier alpha value is -0.820. The lowest BCUT2D eigenvalue weighted by Gasteiger charge is -2.23. The molecule has 0 amide bonds. The number of benzene rings is 1. The summed E-state index contributed by atoms with van der Waals surface area (Å²) in [5.41, 5.74) is 10.5. The van der Waals surface area contributed by atoms with Crippen molar-refractivity contribution in [2.45, 2.75) is 65.8 Å². The maximum atomic E-state index is 6.39. The van der Waals surface area contributed by atoms with Gasteiger partial charge in [0.2, 0.25) is 0 Å². The van der Waals surface area contributed by atoms with Crippen molar-refractivity contribution >= 4 is 0 Å². The number of hydrogen-bond acceptors (Lipinski definition) is 1. The molecular formula is C17H29N. The minimum atomic E-state index is 0.309. The summed E-state index contributed by atoms with van der Waals surface area (Å²) in [6, 6.07) is 7.05. The van der Waals surface area contributed by atoms with Crippen LogP contribution in [0.2, 0.25) is 0 Å². The molecule has 1 nitrogen and oxygen atoms in total. The largest absolute Gasteiger partial charge is 0.327 e. The first-order valence-electron chi connectivity index (χ1n) is 7.40. The zero-order valence-electron chi connectivity index (χ0n) is 12.5. The topological polar surface area (TPSA) is 26.0 Å². The molecule has 1 rings (SSSR count). The van der Waals surface area contributed by atoms with Crippen molar-refractivity contribution in [3.63, 3.8) is 0 Å². The van der Waals surface area contributed by atoms with E-state index in [4.69, 9.17) is 5.73 Å². The van der Waals surface area contributed by atoms with Crippen molar-refractivity contribution in [2.24, 2.45) is 11.7 Å². The van der Waals surface area contributed by atoms with Gasteiger partial charge in [-0.15, -0.1) is 0 Å². The fraction of sp³-hybridized carbons (Fsp3) is 0.647. The molecule has 102 valence electrons. The van der Waals surface area contributed by atoms with Crippen LogP contribution < -0.4 is 5.73 Å². The van der Waals surface area contributed by atoms with Crippen LogP contribution in [0, 0.1) is 19.8 Å². The molecule has 2 atom stereocenters. The van der Waals surface area contributed by atoms with Gasteiger partial charge in [0.1, 0.15) is 0 Å². The molecule has 1 aromatic rings. The Bertz CT molecular complexity index is 357. The van der Waals surface area contributed by atoms with Gasteiger partial charge in [0.05, 0.1) is 0 Å². The van der Waals surface area contributed by atoms with E-state index in [0.29, 0.717) is 12.0 Å². The minimum absolute atomic E-state index is 0.309. The molecule has 2 unspecified atom stereocenters. The van der Waals surface area contributed by atoms with Crippen LogP contribution in [0.25, 0.3) is 0 Å². The summed E-state index contributed by atoms with van der Waals surface area (Å²) in [5, 5.41) is 0. The minimum Gasteiger partial charge on any atom is -0.327 e. The van der Waals surface area contributed by atoms with Crippen LogP contribution in [0.3, 0.4) is 0 Å². The molecule has 0 aliphatic carbocycles. The first kappa shape index (κ1) is 15.2. The fourth-order valence-corrected chi connectivity index (χ4v) is 2.56. The van der Waals surface area contributed by atoms with Gasteiger partial charge in [0.25, 0.3) is 0 Å². The summed E-state index contributed by atoms with van der Waals surface area (Å²) in [5.74, 6) is 0.673. The van der Waals surface area contributed by atoms with Gasteiger partial charge < -0.3 is 5.73 Å². The van der Waals surface area contributed by atoms with Gasteiger partial charge in [-0.25, -0.2) is 0 Å². The molecule has 0 aliphatic rings. The Morgan fingerprint density at radius 1 is 1.11 bits per heavy atom. The second-order valence-corrected chi connectivity index (χ2v) is 5.60. The highest BCUT2D eigenvalue weighted by Crippen LogP contribution is 2.19. The number of unbranched alkanes of at least 4 members (excludes halogenated alkanes) is 1. The average molecular weight is 247 g/mol. The molecule has 2 N–H and O–H groups in total. The second kappa shape index (κ2) is 7.58. The van der Waals surface area contributed by atoms with Crippen LogP contribution in [0.5, 0.6) is 0 Å². The Morgan fingerprint density at radius 3 is 2.39 bits per heavy atom. The molecule has 1 aromatic carbocycles. The molecule has 0 saturated carbocycles. The monoisotopic (exact) mass is 247 g/mol. The average Bonchev–Trinajstić information content (AvgIpc) is 2.35. The predicted molar refractivity (Wildman–Crippen MR) is 80.9 cm³/mol. The Kier molecular flexibility index (Phi) is 6.42. The standard InChI is InChI=1S/C17H29N/c1-5-7-8-16(6-2)17(18)12-15-10-9-13(3)14(4)11-15/h9-11,16-17H,5-8,12,18H2,1-4H3. The van der Waals surface area contributed by atoms with E-state index >= 15 is 0 Å². The summed E-state index contributed by atoms with van der Waals surface area (Å²) in [7, 11) is 0. The maximum Gasteiger partial charge on any atom is 0.0108 e. The van der Waals surface area contributed by atoms with Crippen LogP contribution in [0.15, 0.2) is 18.2 Å². The van der Waals surface area contributed by atoms with E-state index < -0.39 is 0 Å². The van der Waals surface area contributed by atoms with Gasteiger partial charge in [-0.3, -0.25) is 0 Å². The number of hydrogen-bond donors (Lipinski definition) is 1. The SMILES string of the molecule is CCCCC(CC)C(N)Cc1ccc(C)c(C)c1. The number of nitrogens with two attached hydrogens (primary N) is 1. The van der Waals surface area contributed by atoms with Gasteiger partial charge >= 0.3 is 0 Å². The molecule has 0 aliphatic heterocycles. The van der Waals surface area contributed by atoms with Gasteiger partial charge in [0, 0.05) is 6.04 Å². The van der Waals surface area contributed by atoms with Crippen molar-refractivity contribution in [3.05, 3.63) is 34.9 Å². The Morgan fingerprint density at radius 2 is 1.83 bits per heavy atom. The van der Waals surface area contributed by atoms with E-state index in [1.165, 1.54) is 42.4 Å². The first-order valence-corrected chi connectivity index (χ1v) is 7.40. The summed E-state index contributed by atoms with van der Waals surface area (Å²) >= 11 is 0. The molecule has 0 spiro atoms. The van der Waals surface area contributed by atoms with Crippen LogP contribution >= 0.6 is 0 Å². The highest BCUT2D eigenvalue weighted by Gasteiger charge is 2.16. The molecule has 0 heterocycles. The zero-order chi connectivity index (χ0) is 13.5. The molecule has 0 radical (unpaired) electrons. The normalized spacial score (nSPS) is 14.5. The van der Waals surface area contributed by atoms with E-state index in [1.807, 2.05) is 0 Å². The molecule has 1 heteroatoms. The lowest BCUT2D eigenvalue weighted by atomic mass is 9.87. The highest BCUT2D eigenvalue weighted by molar-refractivity contribution is 5.30. The van der Waals surface area contributed by atoms with E-state index in [1.54, 1.807) is 0 Å². The third kappa shape index (κ3) is 4.45. The van der Waals surface area contributed by atoms with Gasteiger partial charge in [0.15, 0.2) is 0 Å². The second-order valence-electron chi connectivity index (χ2n) is 5.60. The van der Waals surface area contributed by atoms with E-state index in [0.717, 1.165) is 6.42 Å². The van der Waals surface area contributed by atoms with Crippen LogP contribution in [0.4, 0.5) is 0 Å². The summed E-state index contributed by atoms with van der Waals surface area (Å²) in [6.45, 7) is 8.86. The third-order valence-corrected chi connectivity index (χ3v) is 4.10. The third-order valence-electron chi connectivity index (χ3n) is 4.10. The van der Waals surface area contributed by atoms with Crippen LogP contribution in [-0.4, -0.2) is 6.04 Å². The highest BCUT2D eigenvalue weighted by atomic mass is 14.6. The van der Waals surface area contributed by atoms with Crippen molar-refractivity contribution in [1.82, 2.24) is 0 Å². The van der Waals surface area contributed by atoms with Crippen molar-refractivity contribution in [2.75, 3.05) is 0 Å². The Labute approximate surface area is 113 Å². The van der Waals surface area contributed by atoms with Crippen molar-refractivity contribution in [3.8, 4) is 0 Å². The van der Waals surface area contributed by atoms with Gasteiger partial charge in [-0.05, 0) is 49.3 Å². The van der Waals surface area contributed by atoms with E-state index in [2.05, 4.69) is 45.9 Å². The first-order chi connectivity index (χ1) is 8.58. The lowest BCUT2D eigenvalue weighted by molar-refractivity contribution is 0.369. The number of rotatable bonds is 7. The van der Waals surface area contributed by atoms with Crippen LogP contribution in [-0.2, 0) is 6.42 Å². The van der Waals surface area contributed by atoms with Gasteiger partial charge in [-0.1, -0.05) is 51.3 Å². The fourth-order valence-electron chi connectivity index (χ4n) is 2.56. The smallest absolute Gasteiger partial charge is 0.0108 e. The molecule has 0 fully saturated rings.